The lowest BCUT2D eigenvalue weighted by Gasteiger charge is -2.13. The van der Waals surface area contributed by atoms with Gasteiger partial charge < -0.3 is 4.98 Å². The Morgan fingerprint density at radius 3 is 2.55 bits per heavy atom. The van der Waals surface area contributed by atoms with Crippen molar-refractivity contribution in [3.8, 4) is 5.69 Å². The summed E-state index contributed by atoms with van der Waals surface area (Å²) in [7, 11) is 0. The van der Waals surface area contributed by atoms with Crippen LogP contribution in [0.4, 0.5) is 0 Å². The molecule has 0 saturated heterocycles. The molecule has 0 amide bonds. The molecule has 1 N–H and O–H groups in total. The first-order chi connectivity index (χ1) is 9.49. The molecular weight excluding hydrogens is 332 g/mol. The Hall–Kier alpha value is -1.39. The minimum absolute atomic E-state index is 0.724. The Balaban J connectivity index is 2.48. The van der Waals surface area contributed by atoms with E-state index in [9.17, 15) is 0 Å². The van der Waals surface area contributed by atoms with Gasteiger partial charge in [0, 0.05) is 4.47 Å². The van der Waals surface area contributed by atoms with Gasteiger partial charge in [-0.2, -0.15) is 0 Å². The number of aryl methyl sites for hydroxylation is 3. The summed E-state index contributed by atoms with van der Waals surface area (Å²) in [5, 5.41) is 0. The van der Waals surface area contributed by atoms with Crippen molar-refractivity contribution < 1.29 is 0 Å². The van der Waals surface area contributed by atoms with Crippen molar-refractivity contribution in [3.05, 3.63) is 56.3 Å². The summed E-state index contributed by atoms with van der Waals surface area (Å²) >= 11 is 9.22. The first-order valence-corrected chi connectivity index (χ1v) is 7.66. The minimum atomic E-state index is 0.724. The lowest BCUT2D eigenvalue weighted by molar-refractivity contribution is 1.03. The van der Waals surface area contributed by atoms with Gasteiger partial charge in [-0.1, -0.05) is 18.2 Å². The highest BCUT2D eigenvalue weighted by atomic mass is 79.9. The highest BCUT2D eigenvalue weighted by Crippen LogP contribution is 2.31. The van der Waals surface area contributed by atoms with Gasteiger partial charge in [0.1, 0.15) is 0 Å². The van der Waals surface area contributed by atoms with Crippen LogP contribution in [-0.2, 0) is 0 Å². The number of fused-ring (bicyclic) bond motifs is 1. The van der Waals surface area contributed by atoms with Crippen LogP contribution in [0.1, 0.15) is 16.7 Å². The van der Waals surface area contributed by atoms with Crippen molar-refractivity contribution in [2.24, 2.45) is 0 Å². The van der Waals surface area contributed by atoms with Crippen LogP contribution in [0.25, 0.3) is 16.7 Å². The molecule has 102 valence electrons. The molecule has 0 spiro atoms. The number of aromatic nitrogens is 2. The highest BCUT2D eigenvalue weighted by molar-refractivity contribution is 9.10. The number of para-hydroxylation sites is 1. The van der Waals surface area contributed by atoms with Crippen molar-refractivity contribution in [3.63, 3.8) is 0 Å². The van der Waals surface area contributed by atoms with Gasteiger partial charge in [0.25, 0.3) is 0 Å². The quantitative estimate of drug-likeness (QED) is 0.587. The molecule has 2 aromatic carbocycles. The maximum absolute atomic E-state index is 5.53. The molecule has 0 radical (unpaired) electrons. The minimum Gasteiger partial charge on any atom is -0.330 e. The summed E-state index contributed by atoms with van der Waals surface area (Å²) in [5.41, 5.74) is 6.98. The molecule has 0 aliphatic carbocycles. The van der Waals surface area contributed by atoms with Crippen LogP contribution in [0.15, 0.2) is 34.8 Å². The predicted octanol–water partition coefficient (Wildman–Crippen LogP) is 5.38. The van der Waals surface area contributed by atoms with Crippen LogP contribution < -0.4 is 0 Å². The van der Waals surface area contributed by atoms with Crippen LogP contribution in [0.2, 0.25) is 0 Å². The summed E-state index contributed by atoms with van der Waals surface area (Å²) in [4.78, 5) is 3.29. The zero-order valence-electron chi connectivity index (χ0n) is 11.6. The van der Waals surface area contributed by atoms with Crippen molar-refractivity contribution >= 4 is 39.2 Å². The topological polar surface area (TPSA) is 20.7 Å². The molecule has 0 unspecified atom stereocenters. The molecule has 3 aromatic rings. The van der Waals surface area contributed by atoms with Gasteiger partial charge in [0.05, 0.1) is 16.7 Å². The summed E-state index contributed by atoms with van der Waals surface area (Å²) in [6.45, 7) is 6.33. The summed E-state index contributed by atoms with van der Waals surface area (Å²) < 4.78 is 3.91. The van der Waals surface area contributed by atoms with Crippen LogP contribution in [0, 0.1) is 25.5 Å². The lowest BCUT2D eigenvalue weighted by Crippen LogP contribution is -2.00. The van der Waals surface area contributed by atoms with Gasteiger partial charge in [0.15, 0.2) is 4.77 Å². The van der Waals surface area contributed by atoms with Crippen LogP contribution in [0.5, 0.6) is 0 Å². The van der Waals surface area contributed by atoms with Crippen LogP contribution in [0.3, 0.4) is 0 Å². The van der Waals surface area contributed by atoms with E-state index in [1.54, 1.807) is 0 Å². The summed E-state index contributed by atoms with van der Waals surface area (Å²) in [5.74, 6) is 0. The number of nitrogens with one attached hydrogen (secondary N) is 1. The van der Waals surface area contributed by atoms with E-state index in [1.165, 1.54) is 16.7 Å². The maximum Gasteiger partial charge on any atom is 0.182 e. The fraction of sp³-hybridized carbons (Fsp3) is 0.188. The number of hydrogen-bond donors (Lipinski definition) is 1. The van der Waals surface area contributed by atoms with Crippen molar-refractivity contribution in [2.45, 2.75) is 20.8 Å². The first-order valence-electron chi connectivity index (χ1n) is 6.46. The number of benzene rings is 2. The van der Waals surface area contributed by atoms with Crippen LogP contribution >= 0.6 is 28.1 Å². The molecule has 20 heavy (non-hydrogen) atoms. The van der Waals surface area contributed by atoms with E-state index in [2.05, 4.69) is 70.5 Å². The second-order valence-electron chi connectivity index (χ2n) is 5.15. The SMILES string of the molecule is Cc1cc(C)c(-n2c(=S)[nH]c3cccc(C)c32)c(Br)c1. The van der Waals surface area contributed by atoms with Crippen LogP contribution in [-0.4, -0.2) is 9.55 Å². The average molecular weight is 347 g/mol. The molecule has 0 aliphatic heterocycles. The van der Waals surface area contributed by atoms with E-state index in [0.717, 1.165) is 26.0 Å². The van der Waals surface area contributed by atoms with Gasteiger partial charge in [-0.15, -0.1) is 0 Å². The third-order valence-corrected chi connectivity index (χ3v) is 4.42. The summed E-state index contributed by atoms with van der Waals surface area (Å²) in [6, 6.07) is 10.5. The zero-order valence-corrected chi connectivity index (χ0v) is 14.0. The smallest absolute Gasteiger partial charge is 0.182 e. The molecular formula is C16H15BrN2S. The Labute approximate surface area is 131 Å². The average Bonchev–Trinajstić information content (AvgIpc) is 2.66. The normalized spacial score (nSPS) is 11.2. The lowest BCUT2D eigenvalue weighted by atomic mass is 10.1. The Morgan fingerprint density at radius 1 is 1.10 bits per heavy atom. The predicted molar refractivity (Wildman–Crippen MR) is 90.4 cm³/mol. The first kappa shape index (κ1) is 13.6. The second-order valence-corrected chi connectivity index (χ2v) is 6.39. The molecule has 2 nitrogen and oxygen atoms in total. The number of hydrogen-bond acceptors (Lipinski definition) is 1. The zero-order chi connectivity index (χ0) is 14.4. The third-order valence-electron chi connectivity index (χ3n) is 3.53. The van der Waals surface area contributed by atoms with Crippen molar-refractivity contribution in [1.82, 2.24) is 9.55 Å². The number of aromatic amines is 1. The van der Waals surface area contributed by atoms with Gasteiger partial charge in [-0.25, -0.2) is 0 Å². The Kier molecular flexibility index (Phi) is 3.30. The standard InChI is InChI=1S/C16H15BrN2S/c1-9-7-11(3)14(12(17)8-9)19-15-10(2)5-4-6-13(15)18-16(19)20/h4-8H,1-3H3,(H,18,20). The van der Waals surface area contributed by atoms with Gasteiger partial charge in [0.2, 0.25) is 0 Å². The van der Waals surface area contributed by atoms with E-state index < -0.39 is 0 Å². The molecule has 1 aromatic heterocycles. The van der Waals surface area contributed by atoms with Crippen molar-refractivity contribution in [1.29, 1.82) is 0 Å². The molecule has 0 atom stereocenters. The maximum atomic E-state index is 5.53. The monoisotopic (exact) mass is 346 g/mol. The molecule has 0 aliphatic rings. The second kappa shape index (κ2) is 4.86. The molecule has 3 rings (SSSR count). The summed E-state index contributed by atoms with van der Waals surface area (Å²) in [6.07, 6.45) is 0. The van der Waals surface area contributed by atoms with E-state index in [0.29, 0.717) is 0 Å². The van der Waals surface area contributed by atoms with Gasteiger partial charge in [-0.05, 0) is 77.7 Å². The Morgan fingerprint density at radius 2 is 1.85 bits per heavy atom. The van der Waals surface area contributed by atoms with E-state index >= 15 is 0 Å². The van der Waals surface area contributed by atoms with E-state index in [1.807, 2.05) is 6.07 Å². The van der Waals surface area contributed by atoms with E-state index in [4.69, 9.17) is 12.2 Å². The number of rotatable bonds is 1. The number of halogens is 1. The molecule has 0 saturated carbocycles. The molecule has 0 bridgehead atoms. The number of imidazole rings is 1. The number of nitrogens with zero attached hydrogens (tertiary/aromatic N) is 1. The Bertz CT molecular complexity index is 851. The fourth-order valence-electron chi connectivity index (χ4n) is 2.73. The van der Waals surface area contributed by atoms with Gasteiger partial charge in [-0.3, -0.25) is 4.57 Å². The largest absolute Gasteiger partial charge is 0.330 e. The third kappa shape index (κ3) is 2.03. The van der Waals surface area contributed by atoms with Crippen molar-refractivity contribution in [2.75, 3.05) is 0 Å². The fourth-order valence-corrected chi connectivity index (χ4v) is 3.88. The number of H-pyrrole nitrogens is 1. The highest BCUT2D eigenvalue weighted by Gasteiger charge is 2.13. The molecule has 0 fully saturated rings. The van der Waals surface area contributed by atoms with Gasteiger partial charge >= 0.3 is 0 Å². The van der Waals surface area contributed by atoms with E-state index in [-0.39, 0.29) is 0 Å². The molecule has 1 heterocycles. The molecule has 4 heteroatoms.